The molecule has 1 saturated carbocycles. The van der Waals surface area contributed by atoms with Gasteiger partial charge in [-0.3, -0.25) is 4.79 Å². The summed E-state index contributed by atoms with van der Waals surface area (Å²) in [6, 6.07) is 13.7. The van der Waals surface area contributed by atoms with E-state index in [2.05, 4.69) is 0 Å². The molecule has 4 rings (SSSR count). The van der Waals surface area contributed by atoms with Gasteiger partial charge in [0.05, 0.1) is 11.5 Å². The van der Waals surface area contributed by atoms with Crippen molar-refractivity contribution in [2.75, 3.05) is 18.1 Å². The molecule has 0 spiro atoms. The van der Waals surface area contributed by atoms with Crippen LogP contribution in [0.2, 0.25) is 0 Å². The molecule has 1 aliphatic heterocycles. The maximum absolute atomic E-state index is 12.9. The quantitative estimate of drug-likeness (QED) is 0.450. The number of thiophene rings is 1. The molecule has 0 bridgehead atoms. The number of ether oxygens (including phenoxy) is 1. The fraction of sp³-hybridized carbons (Fsp3) is 0.417. The molecule has 1 aromatic heterocycles. The zero-order valence-electron chi connectivity index (χ0n) is 17.8. The third-order valence-corrected chi connectivity index (χ3v) is 8.86. The molecule has 1 amide bonds. The van der Waals surface area contributed by atoms with Gasteiger partial charge in [0, 0.05) is 27.9 Å². The second-order valence-corrected chi connectivity index (χ2v) is 11.6. The second kappa shape index (κ2) is 10.0. The number of sulfone groups is 1. The fourth-order valence-corrected chi connectivity index (χ4v) is 7.12. The van der Waals surface area contributed by atoms with Gasteiger partial charge in [0.2, 0.25) is 0 Å². The lowest BCUT2D eigenvalue weighted by molar-refractivity contribution is -0.150. The Morgan fingerprint density at radius 3 is 2.47 bits per heavy atom. The van der Waals surface area contributed by atoms with Crippen LogP contribution >= 0.6 is 11.3 Å². The fourth-order valence-electron chi connectivity index (χ4n) is 4.49. The van der Waals surface area contributed by atoms with Gasteiger partial charge in [-0.25, -0.2) is 13.2 Å². The molecule has 1 atom stereocenters. The average molecular weight is 474 g/mol. The van der Waals surface area contributed by atoms with Crippen molar-refractivity contribution in [1.82, 2.24) is 4.90 Å². The number of hydrogen-bond acceptors (Lipinski definition) is 6. The molecule has 8 heteroatoms. The minimum absolute atomic E-state index is 0.00517. The molecule has 2 heterocycles. The molecule has 1 aliphatic carbocycles. The first-order valence-corrected chi connectivity index (χ1v) is 13.6. The molecule has 2 aromatic rings. The molecule has 0 N–H and O–H groups in total. The first kappa shape index (κ1) is 22.7. The van der Waals surface area contributed by atoms with Crippen LogP contribution < -0.4 is 0 Å². The summed E-state index contributed by atoms with van der Waals surface area (Å²) in [5.74, 6) is -0.769. The molecule has 32 heavy (non-hydrogen) atoms. The van der Waals surface area contributed by atoms with Gasteiger partial charge in [-0.05, 0) is 43.0 Å². The number of amides is 1. The van der Waals surface area contributed by atoms with E-state index < -0.39 is 15.8 Å². The zero-order valence-corrected chi connectivity index (χ0v) is 19.4. The summed E-state index contributed by atoms with van der Waals surface area (Å²) in [6.45, 7) is -0.365. The Hall–Kier alpha value is -2.45. The predicted octanol–water partition coefficient (Wildman–Crippen LogP) is 3.93. The first-order valence-electron chi connectivity index (χ1n) is 10.9. The Labute approximate surface area is 192 Å². The van der Waals surface area contributed by atoms with Crippen LogP contribution in [0.5, 0.6) is 0 Å². The number of carbonyl (C=O) groups excluding carboxylic acids is 2. The number of esters is 1. The molecule has 2 fully saturated rings. The van der Waals surface area contributed by atoms with Gasteiger partial charge < -0.3 is 9.64 Å². The third kappa shape index (κ3) is 5.66. The van der Waals surface area contributed by atoms with Gasteiger partial charge in [0.25, 0.3) is 5.91 Å². The summed E-state index contributed by atoms with van der Waals surface area (Å²) in [7, 11) is -3.10. The van der Waals surface area contributed by atoms with Crippen molar-refractivity contribution in [2.45, 2.75) is 44.2 Å². The lowest BCUT2D eigenvalue weighted by atomic mass is 10.1. The SMILES string of the molecule is O=C(/C=C/c1ccc(-c2ccccc2)s1)OCC(=O)N(C1CCCC1)C1CCS(=O)(=O)C1. The van der Waals surface area contributed by atoms with Crippen LogP contribution in [0.1, 0.15) is 37.0 Å². The van der Waals surface area contributed by atoms with Crippen LogP contribution in [0.25, 0.3) is 16.5 Å². The van der Waals surface area contributed by atoms with E-state index in [1.807, 2.05) is 42.5 Å². The Morgan fingerprint density at radius 1 is 1.03 bits per heavy atom. The van der Waals surface area contributed by atoms with E-state index in [1.54, 1.807) is 22.3 Å². The standard InChI is InChI=1S/C24H27NO5S2/c26-23(25(19-8-4-5-9-19)20-14-15-32(28,29)17-20)16-30-24(27)13-11-21-10-12-22(31-21)18-6-2-1-3-7-18/h1-3,6-7,10-13,19-20H,4-5,8-9,14-17H2/b13-11+. The highest BCUT2D eigenvalue weighted by molar-refractivity contribution is 7.91. The minimum atomic E-state index is -3.10. The van der Waals surface area contributed by atoms with Crippen molar-refractivity contribution in [3.8, 4) is 10.4 Å². The molecule has 1 aromatic carbocycles. The predicted molar refractivity (Wildman–Crippen MR) is 126 cm³/mol. The molecule has 6 nitrogen and oxygen atoms in total. The lowest BCUT2D eigenvalue weighted by Crippen LogP contribution is -2.48. The molecule has 2 aliphatic rings. The van der Waals surface area contributed by atoms with Crippen molar-refractivity contribution < 1.29 is 22.7 Å². The normalized spacial score (nSPS) is 20.6. The smallest absolute Gasteiger partial charge is 0.331 e. The van der Waals surface area contributed by atoms with Gasteiger partial charge >= 0.3 is 5.97 Å². The van der Waals surface area contributed by atoms with Crippen molar-refractivity contribution in [1.29, 1.82) is 0 Å². The second-order valence-electron chi connectivity index (χ2n) is 8.31. The highest BCUT2D eigenvalue weighted by Gasteiger charge is 2.39. The van der Waals surface area contributed by atoms with Crippen LogP contribution in [0.4, 0.5) is 0 Å². The molecule has 170 valence electrons. The van der Waals surface area contributed by atoms with E-state index >= 15 is 0 Å². The van der Waals surface area contributed by atoms with Crippen LogP contribution in [0.3, 0.4) is 0 Å². The molecular weight excluding hydrogens is 446 g/mol. The van der Waals surface area contributed by atoms with Crippen molar-refractivity contribution in [2.24, 2.45) is 0 Å². The highest BCUT2D eigenvalue weighted by atomic mass is 32.2. The lowest BCUT2D eigenvalue weighted by Gasteiger charge is -2.33. The molecule has 1 unspecified atom stereocenters. The first-order chi connectivity index (χ1) is 15.4. The van der Waals surface area contributed by atoms with E-state index in [4.69, 9.17) is 4.74 Å². The molecular formula is C24H27NO5S2. The summed E-state index contributed by atoms with van der Waals surface area (Å²) < 4.78 is 29.1. The van der Waals surface area contributed by atoms with Gasteiger partial charge in [0.15, 0.2) is 16.4 Å². The number of carbonyl (C=O) groups is 2. The average Bonchev–Trinajstić information content (AvgIpc) is 3.53. The maximum atomic E-state index is 12.9. The number of nitrogens with zero attached hydrogens (tertiary/aromatic N) is 1. The van der Waals surface area contributed by atoms with Gasteiger partial charge in [-0.15, -0.1) is 11.3 Å². The number of benzene rings is 1. The largest absolute Gasteiger partial charge is 0.452 e. The topological polar surface area (TPSA) is 80.8 Å². The Kier molecular flexibility index (Phi) is 7.10. The van der Waals surface area contributed by atoms with E-state index in [0.717, 1.165) is 41.0 Å². The van der Waals surface area contributed by atoms with E-state index in [0.29, 0.717) is 6.42 Å². The van der Waals surface area contributed by atoms with Crippen LogP contribution in [-0.2, 0) is 24.2 Å². The summed E-state index contributed by atoms with van der Waals surface area (Å²) >= 11 is 1.56. The molecule has 0 radical (unpaired) electrons. The number of rotatable bonds is 7. The summed E-state index contributed by atoms with van der Waals surface area (Å²) in [5.41, 5.74) is 1.12. The highest BCUT2D eigenvalue weighted by Crippen LogP contribution is 2.30. The summed E-state index contributed by atoms with van der Waals surface area (Å²) in [4.78, 5) is 28.8. The molecule has 1 saturated heterocycles. The monoisotopic (exact) mass is 473 g/mol. The van der Waals surface area contributed by atoms with E-state index in [1.165, 1.54) is 6.08 Å². The van der Waals surface area contributed by atoms with E-state index in [9.17, 15) is 18.0 Å². The number of hydrogen-bond donors (Lipinski definition) is 0. The summed E-state index contributed by atoms with van der Waals surface area (Å²) in [5, 5.41) is 0. The van der Waals surface area contributed by atoms with Gasteiger partial charge in [0.1, 0.15) is 0 Å². The van der Waals surface area contributed by atoms with Crippen LogP contribution in [0, 0.1) is 0 Å². The van der Waals surface area contributed by atoms with Gasteiger partial charge in [-0.2, -0.15) is 0 Å². The van der Waals surface area contributed by atoms with Crippen LogP contribution in [-0.4, -0.2) is 55.4 Å². The Morgan fingerprint density at radius 2 is 1.78 bits per heavy atom. The Bertz CT molecular complexity index is 1080. The Balaban J connectivity index is 1.34. The van der Waals surface area contributed by atoms with E-state index in [-0.39, 0.29) is 36.1 Å². The van der Waals surface area contributed by atoms with Crippen LogP contribution in [0.15, 0.2) is 48.5 Å². The third-order valence-electron chi connectivity index (χ3n) is 6.01. The minimum Gasteiger partial charge on any atom is -0.452 e. The van der Waals surface area contributed by atoms with Crippen molar-refractivity contribution >= 4 is 39.1 Å². The van der Waals surface area contributed by atoms with Crippen molar-refractivity contribution in [3.05, 3.63) is 53.4 Å². The summed E-state index contributed by atoms with van der Waals surface area (Å²) in [6.07, 6.45) is 7.28. The zero-order chi connectivity index (χ0) is 22.6. The maximum Gasteiger partial charge on any atom is 0.331 e. The van der Waals surface area contributed by atoms with Crippen molar-refractivity contribution in [3.63, 3.8) is 0 Å². The van der Waals surface area contributed by atoms with Gasteiger partial charge in [-0.1, -0.05) is 43.2 Å².